The van der Waals surface area contributed by atoms with Crippen molar-refractivity contribution >= 4 is 51.5 Å². The summed E-state index contributed by atoms with van der Waals surface area (Å²) in [7, 11) is 0. The third kappa shape index (κ3) is 3.05. The van der Waals surface area contributed by atoms with E-state index < -0.39 is 5.97 Å². The molecule has 0 aliphatic rings. The van der Waals surface area contributed by atoms with E-state index in [2.05, 4.69) is 32.9 Å². The molecule has 0 aliphatic heterocycles. The number of thiophene rings is 1. The number of halogens is 1. The molecule has 0 aliphatic carbocycles. The summed E-state index contributed by atoms with van der Waals surface area (Å²) >= 11 is 3.59. The Morgan fingerprint density at radius 2 is 2.06 bits per heavy atom. The molecule has 7 heteroatoms. The third-order valence-electron chi connectivity index (χ3n) is 2.07. The Morgan fingerprint density at radius 3 is 2.67 bits per heavy atom. The van der Waals surface area contributed by atoms with Crippen molar-refractivity contribution in [3.8, 4) is 0 Å². The topological polar surface area (TPSA) is 79.3 Å². The molecule has 0 fully saturated rings. The largest absolute Gasteiger partial charge is 0.478 e. The lowest BCUT2D eigenvalue weighted by Crippen LogP contribution is -2.11. The second-order valence-corrected chi connectivity index (χ2v) is 6.17. The van der Waals surface area contributed by atoms with Crippen molar-refractivity contribution in [3.63, 3.8) is 0 Å². The maximum Gasteiger partial charge on any atom is 0.337 e. The number of aromatic carboxylic acids is 1. The van der Waals surface area contributed by atoms with Crippen molar-refractivity contribution in [2.75, 3.05) is 5.32 Å². The van der Waals surface area contributed by atoms with Crippen LogP contribution in [0.4, 0.5) is 5.69 Å². The molecule has 18 heavy (non-hydrogen) atoms. The Kier molecular flexibility index (Phi) is 3.92. The lowest BCUT2D eigenvalue weighted by atomic mass is 10.2. The third-order valence-corrected chi connectivity index (χ3v) is 3.86. The first-order valence-electron chi connectivity index (χ1n) is 4.80. The molecule has 0 atom stereocenters. The van der Waals surface area contributed by atoms with E-state index >= 15 is 0 Å². The first-order chi connectivity index (χ1) is 8.56. The van der Waals surface area contributed by atoms with Gasteiger partial charge in [0, 0.05) is 11.6 Å². The minimum atomic E-state index is -1.08. The molecule has 0 saturated heterocycles. The summed E-state index contributed by atoms with van der Waals surface area (Å²) < 4.78 is 1.01. The molecule has 0 unspecified atom stereocenters. The van der Waals surface area contributed by atoms with Gasteiger partial charge in [0.25, 0.3) is 5.91 Å². The molecule has 2 N–H and O–H groups in total. The number of hydrogen-bond donors (Lipinski definition) is 2. The molecule has 92 valence electrons. The van der Waals surface area contributed by atoms with Gasteiger partial charge in [0.05, 0.1) is 25.9 Å². The molecule has 1 amide bonds. The van der Waals surface area contributed by atoms with Crippen LogP contribution in [0.15, 0.2) is 29.9 Å². The van der Waals surface area contributed by atoms with Gasteiger partial charge in [0.1, 0.15) is 0 Å². The highest BCUT2D eigenvalue weighted by Gasteiger charge is 2.10. The van der Waals surface area contributed by atoms with Crippen LogP contribution in [-0.4, -0.2) is 22.0 Å². The van der Waals surface area contributed by atoms with Crippen LogP contribution in [0, 0.1) is 2.88 Å². The van der Waals surface area contributed by atoms with Crippen LogP contribution >= 0.6 is 33.9 Å². The van der Waals surface area contributed by atoms with Gasteiger partial charge in [-0.2, -0.15) is 0 Å². The summed E-state index contributed by atoms with van der Waals surface area (Å²) in [5, 5.41) is 13.2. The Labute approximate surface area is 120 Å². The number of carbonyl (C=O) groups is 2. The van der Waals surface area contributed by atoms with E-state index in [-0.39, 0.29) is 11.5 Å². The highest BCUT2D eigenvalue weighted by atomic mass is 127. The Hall–Kier alpha value is -1.48. The molecule has 2 aromatic heterocycles. The second kappa shape index (κ2) is 5.44. The van der Waals surface area contributed by atoms with E-state index in [9.17, 15) is 9.59 Å². The van der Waals surface area contributed by atoms with Gasteiger partial charge in [-0.05, 0) is 34.7 Å². The molecule has 0 aromatic carbocycles. The smallest absolute Gasteiger partial charge is 0.337 e. The van der Waals surface area contributed by atoms with Crippen LogP contribution in [0.25, 0.3) is 0 Å². The molecule has 0 radical (unpaired) electrons. The zero-order chi connectivity index (χ0) is 13.1. The molecule has 0 bridgehead atoms. The molecule has 2 rings (SSSR count). The second-order valence-electron chi connectivity index (χ2n) is 3.36. The number of carbonyl (C=O) groups excluding carboxylic acids is 1. The molecule has 0 saturated carbocycles. The molecule has 5 nitrogen and oxygen atoms in total. The van der Waals surface area contributed by atoms with Crippen molar-refractivity contribution in [2.45, 2.75) is 0 Å². The zero-order valence-corrected chi connectivity index (χ0v) is 11.9. The predicted octanol–water partition coefficient (Wildman–Crippen LogP) is 2.70. The highest BCUT2D eigenvalue weighted by molar-refractivity contribution is 14.1. The summed E-state index contributed by atoms with van der Waals surface area (Å²) in [5.41, 5.74) is 0.943. The number of anilines is 1. The average Bonchev–Trinajstić information content (AvgIpc) is 2.76. The summed E-state index contributed by atoms with van der Waals surface area (Å²) in [6, 6.07) is 3.12. The van der Waals surface area contributed by atoms with Crippen LogP contribution in [-0.2, 0) is 0 Å². The average molecular weight is 374 g/mol. The molecular formula is C11H7IN2O3S. The Bertz CT molecular complexity index is 612. The van der Waals surface area contributed by atoms with Gasteiger partial charge in [0.2, 0.25) is 0 Å². The van der Waals surface area contributed by atoms with Crippen molar-refractivity contribution in [2.24, 2.45) is 0 Å². The quantitative estimate of drug-likeness (QED) is 0.810. The zero-order valence-electron chi connectivity index (χ0n) is 8.88. The number of rotatable bonds is 3. The lowest BCUT2D eigenvalue weighted by molar-refractivity contribution is 0.0696. The lowest BCUT2D eigenvalue weighted by Gasteiger charge is -2.03. The van der Waals surface area contributed by atoms with E-state index in [1.807, 2.05) is 0 Å². The van der Waals surface area contributed by atoms with Gasteiger partial charge in [-0.25, -0.2) is 4.79 Å². The highest BCUT2D eigenvalue weighted by Crippen LogP contribution is 2.18. The molecule has 2 aromatic rings. The van der Waals surface area contributed by atoms with E-state index in [0.29, 0.717) is 11.3 Å². The SMILES string of the molecule is O=C(O)c1cncc(NC(=O)c2csc(I)c2)c1. The number of hydrogen-bond acceptors (Lipinski definition) is 4. The standard InChI is InChI=1S/C11H7IN2O3S/c12-9-2-7(5-18-9)10(15)14-8-1-6(11(16)17)3-13-4-8/h1-5H,(H,14,15)(H,16,17). The van der Waals surface area contributed by atoms with Crippen molar-refractivity contribution in [1.29, 1.82) is 0 Å². The number of amides is 1. The van der Waals surface area contributed by atoms with E-state index in [0.717, 1.165) is 2.88 Å². The van der Waals surface area contributed by atoms with Gasteiger partial charge >= 0.3 is 5.97 Å². The van der Waals surface area contributed by atoms with Crippen LogP contribution in [0.2, 0.25) is 0 Å². The maximum absolute atomic E-state index is 11.8. The first kappa shape index (κ1) is 13.0. The number of carboxylic acid groups (broad SMARTS) is 1. The van der Waals surface area contributed by atoms with Crippen molar-refractivity contribution in [3.05, 3.63) is 43.9 Å². The van der Waals surface area contributed by atoms with Crippen LogP contribution in [0.3, 0.4) is 0 Å². The van der Waals surface area contributed by atoms with Gasteiger partial charge in [-0.3, -0.25) is 9.78 Å². The molecule has 2 heterocycles. The predicted molar refractivity (Wildman–Crippen MR) is 76.2 cm³/mol. The molecule has 0 spiro atoms. The Morgan fingerprint density at radius 1 is 1.28 bits per heavy atom. The first-order valence-corrected chi connectivity index (χ1v) is 6.76. The monoisotopic (exact) mass is 374 g/mol. The minimum Gasteiger partial charge on any atom is -0.478 e. The Balaban J connectivity index is 2.16. The summed E-state index contributed by atoms with van der Waals surface area (Å²) in [6.45, 7) is 0. The van der Waals surface area contributed by atoms with Crippen LogP contribution < -0.4 is 5.32 Å². The number of carboxylic acids is 1. The maximum atomic E-state index is 11.8. The normalized spacial score (nSPS) is 10.1. The number of pyridine rings is 1. The van der Waals surface area contributed by atoms with Crippen molar-refractivity contribution < 1.29 is 14.7 Å². The van der Waals surface area contributed by atoms with Crippen LogP contribution in [0.1, 0.15) is 20.7 Å². The van der Waals surface area contributed by atoms with E-state index in [1.165, 1.54) is 29.8 Å². The van der Waals surface area contributed by atoms with Gasteiger partial charge < -0.3 is 10.4 Å². The van der Waals surface area contributed by atoms with E-state index in [4.69, 9.17) is 5.11 Å². The fraction of sp³-hybridized carbons (Fsp3) is 0. The van der Waals surface area contributed by atoms with E-state index in [1.54, 1.807) is 11.4 Å². The van der Waals surface area contributed by atoms with Crippen LogP contribution in [0.5, 0.6) is 0 Å². The number of nitrogens with one attached hydrogen (secondary N) is 1. The number of aromatic nitrogens is 1. The summed E-state index contributed by atoms with van der Waals surface area (Å²) in [4.78, 5) is 26.3. The molecular weight excluding hydrogens is 367 g/mol. The summed E-state index contributed by atoms with van der Waals surface area (Å²) in [6.07, 6.45) is 2.63. The minimum absolute atomic E-state index is 0.0349. The van der Waals surface area contributed by atoms with Gasteiger partial charge in [-0.1, -0.05) is 0 Å². The summed E-state index contributed by atoms with van der Waals surface area (Å²) in [5.74, 6) is -1.36. The van der Waals surface area contributed by atoms with Gasteiger partial charge in [-0.15, -0.1) is 11.3 Å². The van der Waals surface area contributed by atoms with Crippen molar-refractivity contribution in [1.82, 2.24) is 4.98 Å². The fourth-order valence-corrected chi connectivity index (χ4v) is 2.58. The number of nitrogens with zero attached hydrogens (tertiary/aromatic N) is 1. The van der Waals surface area contributed by atoms with Gasteiger partial charge in [0.15, 0.2) is 0 Å². The fourth-order valence-electron chi connectivity index (χ4n) is 1.26.